The fourth-order valence-corrected chi connectivity index (χ4v) is 2.26. The van der Waals surface area contributed by atoms with E-state index in [-0.39, 0.29) is 17.3 Å². The largest absolute Gasteiger partial charge is 0.496 e. The maximum Gasteiger partial charge on any atom is 0.280 e. The second-order valence-electron chi connectivity index (χ2n) is 5.02. The Hall–Kier alpha value is -3.09. The summed E-state index contributed by atoms with van der Waals surface area (Å²) < 4.78 is 49.4. The van der Waals surface area contributed by atoms with Gasteiger partial charge in [-0.1, -0.05) is 0 Å². The van der Waals surface area contributed by atoms with Crippen LogP contribution < -0.4 is 9.47 Å². The van der Waals surface area contributed by atoms with Crippen LogP contribution in [0.25, 0.3) is 11.1 Å². The summed E-state index contributed by atoms with van der Waals surface area (Å²) >= 11 is 0. The topological polar surface area (TPSA) is 44.2 Å². The third-order valence-corrected chi connectivity index (χ3v) is 3.42. The van der Waals surface area contributed by atoms with Crippen LogP contribution >= 0.6 is 0 Å². The van der Waals surface area contributed by atoms with Crippen LogP contribution in [0, 0.1) is 5.82 Å². The van der Waals surface area contributed by atoms with E-state index in [0.717, 1.165) is 0 Å². The van der Waals surface area contributed by atoms with E-state index in [0.29, 0.717) is 16.9 Å². The molecular weight excluding hydrogens is 333 g/mol. The zero-order valence-corrected chi connectivity index (χ0v) is 13.1. The zero-order chi connectivity index (χ0) is 17.8. The average Bonchev–Trinajstić information content (AvgIpc) is 2.63. The molecule has 1 aromatic carbocycles. The van der Waals surface area contributed by atoms with E-state index in [2.05, 4.69) is 9.97 Å². The van der Waals surface area contributed by atoms with E-state index >= 15 is 0 Å². The number of ether oxygens (including phenoxy) is 2. The number of rotatable bonds is 5. The molecule has 0 amide bonds. The summed E-state index contributed by atoms with van der Waals surface area (Å²) in [4.78, 5) is 7.80. The fourth-order valence-electron chi connectivity index (χ4n) is 2.26. The first-order valence-corrected chi connectivity index (χ1v) is 7.29. The molecule has 4 nitrogen and oxygen atoms in total. The molecule has 0 saturated carbocycles. The minimum atomic E-state index is -2.65. The summed E-state index contributed by atoms with van der Waals surface area (Å²) in [7, 11) is 1.43. The van der Waals surface area contributed by atoms with Gasteiger partial charge in [0, 0.05) is 23.4 Å². The molecule has 2 aromatic heterocycles. The van der Waals surface area contributed by atoms with Crippen molar-refractivity contribution in [2.75, 3.05) is 7.11 Å². The summed E-state index contributed by atoms with van der Waals surface area (Å²) in [6.45, 7) is 0. The van der Waals surface area contributed by atoms with Crippen molar-refractivity contribution in [1.29, 1.82) is 0 Å². The van der Waals surface area contributed by atoms with Crippen LogP contribution in [-0.4, -0.2) is 17.1 Å². The van der Waals surface area contributed by atoms with Crippen LogP contribution in [0.2, 0.25) is 0 Å². The molecule has 0 N–H and O–H groups in total. The van der Waals surface area contributed by atoms with E-state index in [1.807, 2.05) is 0 Å². The smallest absolute Gasteiger partial charge is 0.280 e. The van der Waals surface area contributed by atoms with Gasteiger partial charge >= 0.3 is 0 Å². The van der Waals surface area contributed by atoms with Gasteiger partial charge in [-0.25, -0.2) is 18.2 Å². The number of aromatic nitrogens is 2. The predicted octanol–water partition coefficient (Wildman–Crippen LogP) is 5.02. The van der Waals surface area contributed by atoms with Gasteiger partial charge in [-0.15, -0.1) is 0 Å². The van der Waals surface area contributed by atoms with Crippen LogP contribution in [0.5, 0.6) is 17.4 Å². The molecule has 0 aliphatic carbocycles. The lowest BCUT2D eigenvalue weighted by Crippen LogP contribution is -1.96. The van der Waals surface area contributed by atoms with Crippen LogP contribution in [-0.2, 0) is 0 Å². The highest BCUT2D eigenvalue weighted by atomic mass is 19.3. The van der Waals surface area contributed by atoms with Gasteiger partial charge < -0.3 is 9.47 Å². The third-order valence-electron chi connectivity index (χ3n) is 3.42. The van der Waals surface area contributed by atoms with Gasteiger partial charge in [-0.3, -0.25) is 4.98 Å². The van der Waals surface area contributed by atoms with Crippen molar-refractivity contribution >= 4 is 0 Å². The van der Waals surface area contributed by atoms with Crippen molar-refractivity contribution in [3.8, 4) is 28.5 Å². The highest BCUT2D eigenvalue weighted by molar-refractivity contribution is 5.74. The summed E-state index contributed by atoms with van der Waals surface area (Å²) in [6.07, 6.45) is 0.0698. The van der Waals surface area contributed by atoms with Gasteiger partial charge in [0.1, 0.15) is 23.0 Å². The lowest BCUT2D eigenvalue weighted by Gasteiger charge is -2.13. The molecule has 25 heavy (non-hydrogen) atoms. The quantitative estimate of drug-likeness (QED) is 0.651. The monoisotopic (exact) mass is 346 g/mol. The lowest BCUT2D eigenvalue weighted by molar-refractivity contribution is 0.146. The minimum absolute atomic E-state index is 0.221. The number of hydrogen-bond donors (Lipinski definition) is 0. The van der Waals surface area contributed by atoms with Crippen LogP contribution in [0.1, 0.15) is 12.1 Å². The Kier molecular flexibility index (Phi) is 4.83. The minimum Gasteiger partial charge on any atom is -0.496 e. The highest BCUT2D eigenvalue weighted by Gasteiger charge is 2.15. The SMILES string of the molecule is COc1cc(F)ccc1-c1cccnc1Oc1ccc(C(F)F)nc1. The van der Waals surface area contributed by atoms with E-state index in [1.54, 1.807) is 18.2 Å². The number of benzene rings is 1. The Morgan fingerprint density at radius 1 is 1.00 bits per heavy atom. The molecule has 0 fully saturated rings. The van der Waals surface area contributed by atoms with Crippen molar-refractivity contribution in [2.45, 2.75) is 6.43 Å². The molecular formula is C18H13F3N2O2. The maximum atomic E-state index is 13.4. The van der Waals surface area contributed by atoms with Gasteiger partial charge in [-0.05, 0) is 36.4 Å². The maximum absolute atomic E-state index is 13.4. The Morgan fingerprint density at radius 2 is 1.84 bits per heavy atom. The molecule has 3 rings (SSSR count). The summed E-state index contributed by atoms with van der Waals surface area (Å²) in [5.74, 6) is 0.368. The van der Waals surface area contributed by atoms with Gasteiger partial charge in [0.05, 0.1) is 13.3 Å². The Labute approximate surface area is 141 Å². The number of nitrogens with zero attached hydrogens (tertiary/aromatic N) is 2. The first-order chi connectivity index (χ1) is 12.1. The molecule has 0 atom stereocenters. The van der Waals surface area contributed by atoms with Gasteiger partial charge in [0.15, 0.2) is 0 Å². The highest BCUT2D eigenvalue weighted by Crippen LogP contribution is 2.37. The molecule has 0 aliphatic heterocycles. The molecule has 0 aliphatic rings. The molecule has 128 valence electrons. The van der Waals surface area contributed by atoms with Gasteiger partial charge in [0.25, 0.3) is 6.43 Å². The first kappa shape index (κ1) is 16.8. The second-order valence-corrected chi connectivity index (χ2v) is 5.02. The summed E-state index contributed by atoms with van der Waals surface area (Å²) in [5, 5.41) is 0. The Bertz CT molecular complexity index is 870. The molecule has 7 heteroatoms. The zero-order valence-electron chi connectivity index (χ0n) is 13.1. The van der Waals surface area contributed by atoms with Crippen molar-refractivity contribution in [2.24, 2.45) is 0 Å². The summed E-state index contributed by atoms with van der Waals surface area (Å²) in [6, 6.07) is 10.1. The van der Waals surface area contributed by atoms with E-state index in [9.17, 15) is 13.2 Å². The molecule has 0 unspecified atom stereocenters. The normalized spacial score (nSPS) is 10.8. The van der Waals surface area contributed by atoms with Crippen LogP contribution in [0.3, 0.4) is 0 Å². The van der Waals surface area contributed by atoms with Crippen LogP contribution in [0.15, 0.2) is 54.9 Å². The molecule has 0 bridgehead atoms. The fraction of sp³-hybridized carbons (Fsp3) is 0.111. The Balaban J connectivity index is 1.96. The number of halogens is 3. The van der Waals surface area contributed by atoms with Gasteiger partial charge in [-0.2, -0.15) is 0 Å². The lowest BCUT2D eigenvalue weighted by atomic mass is 10.1. The van der Waals surface area contributed by atoms with E-state index < -0.39 is 12.2 Å². The molecule has 0 saturated heterocycles. The number of alkyl halides is 2. The van der Waals surface area contributed by atoms with Crippen molar-refractivity contribution < 1.29 is 22.6 Å². The third kappa shape index (κ3) is 3.71. The summed E-state index contributed by atoms with van der Waals surface area (Å²) in [5.41, 5.74) is 0.815. The average molecular weight is 346 g/mol. The Morgan fingerprint density at radius 3 is 2.52 bits per heavy atom. The molecule has 2 heterocycles. The van der Waals surface area contributed by atoms with E-state index in [4.69, 9.17) is 9.47 Å². The first-order valence-electron chi connectivity index (χ1n) is 7.29. The molecule has 0 spiro atoms. The van der Waals surface area contributed by atoms with Crippen molar-refractivity contribution in [3.05, 3.63) is 66.4 Å². The van der Waals surface area contributed by atoms with Crippen molar-refractivity contribution in [3.63, 3.8) is 0 Å². The number of pyridine rings is 2. The molecule has 0 radical (unpaired) electrons. The number of hydrogen-bond acceptors (Lipinski definition) is 4. The standard InChI is InChI=1S/C18H13F3N2O2/c1-24-16-9-11(19)4-6-13(16)14-3-2-8-22-18(14)25-12-5-7-15(17(20)21)23-10-12/h2-10,17H,1H3. The van der Waals surface area contributed by atoms with Crippen LogP contribution in [0.4, 0.5) is 13.2 Å². The molecule has 3 aromatic rings. The second kappa shape index (κ2) is 7.21. The predicted molar refractivity (Wildman–Crippen MR) is 85.5 cm³/mol. The van der Waals surface area contributed by atoms with Crippen molar-refractivity contribution in [1.82, 2.24) is 9.97 Å². The number of methoxy groups -OCH3 is 1. The van der Waals surface area contributed by atoms with E-state index in [1.165, 1.54) is 43.8 Å². The van der Waals surface area contributed by atoms with Gasteiger partial charge in [0.2, 0.25) is 5.88 Å².